The molecule has 3 aromatic rings. The monoisotopic (exact) mass is 320 g/mol. The van der Waals surface area contributed by atoms with Gasteiger partial charge in [0.25, 0.3) is 5.91 Å². The summed E-state index contributed by atoms with van der Waals surface area (Å²) in [6.07, 6.45) is 8.15. The van der Waals surface area contributed by atoms with E-state index >= 15 is 0 Å². The Morgan fingerprint density at radius 2 is 2.21 bits per heavy atom. The topological polar surface area (TPSA) is 61.9 Å². The van der Waals surface area contributed by atoms with E-state index in [2.05, 4.69) is 39.2 Å². The third-order valence-corrected chi connectivity index (χ3v) is 4.76. The highest BCUT2D eigenvalue weighted by molar-refractivity contribution is 5.92. The molecule has 0 unspecified atom stereocenters. The molecule has 0 bridgehead atoms. The Morgan fingerprint density at radius 3 is 3.08 bits per heavy atom. The Morgan fingerprint density at radius 1 is 1.29 bits per heavy atom. The van der Waals surface area contributed by atoms with Crippen LogP contribution in [0.15, 0.2) is 49.1 Å². The molecule has 1 saturated heterocycles. The fourth-order valence-corrected chi connectivity index (χ4v) is 3.60. The van der Waals surface area contributed by atoms with Crippen molar-refractivity contribution in [3.05, 3.63) is 60.3 Å². The zero-order chi connectivity index (χ0) is 16.4. The Labute approximate surface area is 140 Å². The molecule has 1 fully saturated rings. The summed E-state index contributed by atoms with van der Waals surface area (Å²) in [4.78, 5) is 25.9. The van der Waals surface area contributed by atoms with Crippen molar-refractivity contribution < 1.29 is 4.79 Å². The molecule has 24 heavy (non-hydrogen) atoms. The average Bonchev–Trinajstić information content (AvgIpc) is 3.16. The second kappa shape index (κ2) is 6.43. The lowest BCUT2D eigenvalue weighted by Gasteiger charge is -2.32. The van der Waals surface area contributed by atoms with E-state index in [1.54, 1.807) is 12.5 Å². The standard InChI is InChI=1S/C19H20N4O/c24-19(17-11-20-13-22-17)23-9-3-4-14(12-23)10-16-6-1-5-15-7-2-8-21-18(15)16/h1-2,5-8,11,13-14H,3-4,9-10,12H2,(H,20,22)/t14-/m1/s1. The van der Waals surface area contributed by atoms with Crippen LogP contribution >= 0.6 is 0 Å². The maximum Gasteiger partial charge on any atom is 0.271 e. The number of fused-ring (bicyclic) bond motifs is 1. The van der Waals surface area contributed by atoms with E-state index in [4.69, 9.17) is 0 Å². The lowest BCUT2D eigenvalue weighted by Crippen LogP contribution is -2.40. The molecule has 1 aliphatic rings. The maximum atomic E-state index is 12.5. The molecule has 5 nitrogen and oxygen atoms in total. The number of carbonyl (C=O) groups is 1. The van der Waals surface area contributed by atoms with Crippen molar-refractivity contribution in [3.8, 4) is 0 Å². The number of carbonyl (C=O) groups excluding carboxylic acids is 1. The Hall–Kier alpha value is -2.69. The van der Waals surface area contributed by atoms with Gasteiger partial charge in [0.15, 0.2) is 0 Å². The summed E-state index contributed by atoms with van der Waals surface area (Å²) >= 11 is 0. The van der Waals surface area contributed by atoms with E-state index in [-0.39, 0.29) is 5.91 Å². The van der Waals surface area contributed by atoms with Gasteiger partial charge in [-0.15, -0.1) is 0 Å². The molecule has 0 radical (unpaired) electrons. The third kappa shape index (κ3) is 2.89. The highest BCUT2D eigenvalue weighted by Gasteiger charge is 2.25. The molecule has 0 saturated carbocycles. The van der Waals surface area contributed by atoms with Gasteiger partial charge in [0.05, 0.1) is 18.0 Å². The molecule has 1 amide bonds. The van der Waals surface area contributed by atoms with Gasteiger partial charge in [0.2, 0.25) is 0 Å². The zero-order valence-electron chi connectivity index (χ0n) is 13.5. The number of H-pyrrole nitrogens is 1. The molecule has 2 aromatic heterocycles. The van der Waals surface area contributed by atoms with Crippen LogP contribution in [-0.2, 0) is 6.42 Å². The van der Waals surface area contributed by atoms with E-state index in [9.17, 15) is 4.79 Å². The number of para-hydroxylation sites is 1. The number of imidazole rings is 1. The van der Waals surface area contributed by atoms with Crippen molar-refractivity contribution in [2.45, 2.75) is 19.3 Å². The molecule has 0 spiro atoms. The summed E-state index contributed by atoms with van der Waals surface area (Å²) in [7, 11) is 0. The second-order valence-corrected chi connectivity index (χ2v) is 6.42. The SMILES string of the molecule is O=C(c1cnc[nH]1)N1CCC[C@H](Cc2cccc3cccnc23)C1. The number of nitrogens with zero attached hydrogens (tertiary/aromatic N) is 3. The summed E-state index contributed by atoms with van der Waals surface area (Å²) in [5.41, 5.74) is 2.92. The first kappa shape index (κ1) is 14.9. The lowest BCUT2D eigenvalue weighted by molar-refractivity contribution is 0.0668. The Balaban J connectivity index is 1.51. The third-order valence-electron chi connectivity index (χ3n) is 4.76. The molecule has 3 heterocycles. The van der Waals surface area contributed by atoms with Crippen LogP contribution in [0.5, 0.6) is 0 Å². The van der Waals surface area contributed by atoms with Crippen LogP contribution in [0.25, 0.3) is 10.9 Å². The van der Waals surface area contributed by atoms with Gasteiger partial charge in [-0.25, -0.2) is 4.98 Å². The van der Waals surface area contributed by atoms with Gasteiger partial charge in [-0.1, -0.05) is 24.3 Å². The van der Waals surface area contributed by atoms with Crippen LogP contribution in [0.3, 0.4) is 0 Å². The summed E-state index contributed by atoms with van der Waals surface area (Å²) in [6, 6.07) is 10.4. The minimum Gasteiger partial charge on any atom is -0.341 e. The van der Waals surface area contributed by atoms with Gasteiger partial charge in [-0.2, -0.15) is 0 Å². The predicted octanol–water partition coefficient (Wildman–Crippen LogP) is 3.05. The number of benzene rings is 1. The quantitative estimate of drug-likeness (QED) is 0.807. The number of amides is 1. The van der Waals surface area contributed by atoms with Gasteiger partial charge in [-0.3, -0.25) is 9.78 Å². The normalized spacial score (nSPS) is 18.0. The lowest BCUT2D eigenvalue weighted by atomic mass is 9.90. The van der Waals surface area contributed by atoms with Crippen LogP contribution < -0.4 is 0 Å². The van der Waals surface area contributed by atoms with Crippen molar-refractivity contribution >= 4 is 16.8 Å². The first-order valence-corrected chi connectivity index (χ1v) is 8.41. The fourth-order valence-electron chi connectivity index (χ4n) is 3.60. The number of hydrogen-bond acceptors (Lipinski definition) is 3. The van der Waals surface area contributed by atoms with Crippen LogP contribution in [0, 0.1) is 5.92 Å². The molecule has 1 aliphatic heterocycles. The van der Waals surface area contributed by atoms with E-state index < -0.39 is 0 Å². The van der Waals surface area contributed by atoms with E-state index in [1.807, 2.05) is 17.2 Å². The molecule has 1 atom stereocenters. The smallest absolute Gasteiger partial charge is 0.271 e. The molecular weight excluding hydrogens is 300 g/mol. The molecule has 0 aliphatic carbocycles. The average molecular weight is 320 g/mol. The second-order valence-electron chi connectivity index (χ2n) is 6.42. The van der Waals surface area contributed by atoms with Crippen LogP contribution in [0.1, 0.15) is 28.9 Å². The number of piperidine rings is 1. The van der Waals surface area contributed by atoms with Crippen LogP contribution in [0.2, 0.25) is 0 Å². The van der Waals surface area contributed by atoms with Crippen molar-refractivity contribution in [1.82, 2.24) is 19.9 Å². The first-order valence-electron chi connectivity index (χ1n) is 8.41. The maximum absolute atomic E-state index is 12.5. The van der Waals surface area contributed by atoms with Crippen molar-refractivity contribution in [2.24, 2.45) is 5.92 Å². The Kier molecular flexibility index (Phi) is 3.99. The molecule has 1 N–H and O–H groups in total. The number of aromatic nitrogens is 3. The van der Waals surface area contributed by atoms with Gasteiger partial charge in [-0.05, 0) is 36.8 Å². The van der Waals surface area contributed by atoms with Crippen molar-refractivity contribution in [2.75, 3.05) is 13.1 Å². The summed E-state index contributed by atoms with van der Waals surface area (Å²) < 4.78 is 0. The molecular formula is C19H20N4O. The van der Waals surface area contributed by atoms with Crippen molar-refractivity contribution in [1.29, 1.82) is 0 Å². The van der Waals surface area contributed by atoms with E-state index in [0.717, 1.165) is 37.9 Å². The minimum absolute atomic E-state index is 0.0493. The van der Waals surface area contributed by atoms with Gasteiger partial charge in [0.1, 0.15) is 5.69 Å². The molecule has 122 valence electrons. The minimum atomic E-state index is 0.0493. The molecule has 1 aromatic carbocycles. The summed E-state index contributed by atoms with van der Waals surface area (Å²) in [5, 5.41) is 1.18. The Bertz CT molecular complexity index is 838. The number of likely N-dealkylation sites (tertiary alicyclic amines) is 1. The number of hydrogen-bond donors (Lipinski definition) is 1. The summed E-state index contributed by atoms with van der Waals surface area (Å²) in [5.74, 6) is 0.520. The largest absolute Gasteiger partial charge is 0.341 e. The highest BCUT2D eigenvalue weighted by atomic mass is 16.2. The van der Waals surface area contributed by atoms with Crippen LogP contribution in [0.4, 0.5) is 0 Å². The fraction of sp³-hybridized carbons (Fsp3) is 0.316. The number of aromatic amines is 1. The van der Waals surface area contributed by atoms with Gasteiger partial charge in [0, 0.05) is 24.7 Å². The zero-order valence-corrected chi connectivity index (χ0v) is 13.5. The highest BCUT2D eigenvalue weighted by Crippen LogP contribution is 2.25. The summed E-state index contributed by atoms with van der Waals surface area (Å²) in [6.45, 7) is 1.61. The number of pyridine rings is 1. The first-order chi connectivity index (χ1) is 11.8. The number of rotatable bonds is 3. The molecule has 4 rings (SSSR count). The molecule has 5 heteroatoms. The van der Waals surface area contributed by atoms with Crippen LogP contribution in [-0.4, -0.2) is 38.8 Å². The van der Waals surface area contributed by atoms with Gasteiger partial charge >= 0.3 is 0 Å². The van der Waals surface area contributed by atoms with E-state index in [1.165, 1.54) is 10.9 Å². The number of nitrogens with one attached hydrogen (secondary N) is 1. The van der Waals surface area contributed by atoms with E-state index in [0.29, 0.717) is 11.6 Å². The van der Waals surface area contributed by atoms with Gasteiger partial charge < -0.3 is 9.88 Å². The predicted molar refractivity (Wildman–Crippen MR) is 92.7 cm³/mol. The van der Waals surface area contributed by atoms with Crippen molar-refractivity contribution in [3.63, 3.8) is 0 Å².